The summed E-state index contributed by atoms with van der Waals surface area (Å²) < 4.78 is 2.23. The molecule has 0 aliphatic heterocycles. The molecule has 1 atom stereocenters. The molecule has 19 heavy (non-hydrogen) atoms. The van der Waals surface area contributed by atoms with Crippen molar-refractivity contribution in [1.82, 2.24) is 9.55 Å². The van der Waals surface area contributed by atoms with E-state index in [2.05, 4.69) is 30.3 Å². The Morgan fingerprint density at radius 2 is 2.05 bits per heavy atom. The van der Waals surface area contributed by atoms with E-state index in [-0.39, 0.29) is 10.8 Å². The minimum absolute atomic E-state index is 0.112. The minimum atomic E-state index is -0.112. The average molecular weight is 299 g/mol. The molecule has 1 aromatic carbocycles. The molecule has 0 bridgehead atoms. The number of rotatable bonds is 4. The fourth-order valence-electron chi connectivity index (χ4n) is 2.13. The van der Waals surface area contributed by atoms with E-state index in [0.717, 1.165) is 29.8 Å². The number of hydrogen-bond donors (Lipinski definition) is 0. The predicted octanol–water partition coefficient (Wildman–Crippen LogP) is 5.43. The number of imidazole rings is 1. The van der Waals surface area contributed by atoms with Crippen LogP contribution in [0.15, 0.2) is 18.2 Å². The van der Waals surface area contributed by atoms with Gasteiger partial charge in [0.1, 0.15) is 5.82 Å². The molecule has 0 fully saturated rings. The maximum absolute atomic E-state index is 6.28. The second kappa shape index (κ2) is 5.34. The lowest BCUT2D eigenvalue weighted by Gasteiger charge is -2.25. The van der Waals surface area contributed by atoms with Crippen molar-refractivity contribution in [1.29, 1.82) is 0 Å². The third kappa shape index (κ3) is 3.06. The monoisotopic (exact) mass is 298 g/mol. The van der Waals surface area contributed by atoms with Crippen LogP contribution in [0.25, 0.3) is 11.0 Å². The molecule has 0 aliphatic carbocycles. The van der Waals surface area contributed by atoms with E-state index in [9.17, 15) is 0 Å². The van der Waals surface area contributed by atoms with Crippen molar-refractivity contribution in [3.63, 3.8) is 0 Å². The van der Waals surface area contributed by atoms with Crippen LogP contribution in [0.2, 0.25) is 5.02 Å². The SMILES string of the molecule is CCC(C)(C)Cn1c(C(C)Cl)nc2cc(Cl)ccc21. The van der Waals surface area contributed by atoms with E-state index in [4.69, 9.17) is 23.2 Å². The predicted molar refractivity (Wildman–Crippen MR) is 83.1 cm³/mol. The number of benzene rings is 1. The highest BCUT2D eigenvalue weighted by molar-refractivity contribution is 6.31. The zero-order chi connectivity index (χ0) is 14.2. The van der Waals surface area contributed by atoms with Gasteiger partial charge in [0.2, 0.25) is 0 Å². The first-order valence-electron chi connectivity index (χ1n) is 6.64. The van der Waals surface area contributed by atoms with Crippen LogP contribution in [0.1, 0.15) is 45.3 Å². The number of alkyl halides is 1. The van der Waals surface area contributed by atoms with Crippen molar-refractivity contribution in [3.05, 3.63) is 29.0 Å². The van der Waals surface area contributed by atoms with Gasteiger partial charge in [-0.25, -0.2) is 4.98 Å². The number of nitrogens with zero attached hydrogens (tertiary/aromatic N) is 2. The number of halogens is 2. The van der Waals surface area contributed by atoms with Gasteiger partial charge in [-0.3, -0.25) is 0 Å². The molecule has 4 heteroatoms. The molecule has 0 aliphatic rings. The van der Waals surface area contributed by atoms with E-state index in [1.165, 1.54) is 0 Å². The molecule has 0 spiro atoms. The fraction of sp³-hybridized carbons (Fsp3) is 0.533. The summed E-state index contributed by atoms with van der Waals surface area (Å²) >= 11 is 12.3. The Bertz CT molecular complexity index is 585. The third-order valence-electron chi connectivity index (χ3n) is 3.64. The summed E-state index contributed by atoms with van der Waals surface area (Å²) in [6.45, 7) is 9.60. The van der Waals surface area contributed by atoms with Crippen LogP contribution in [-0.2, 0) is 6.54 Å². The van der Waals surface area contributed by atoms with Crippen molar-refractivity contribution < 1.29 is 0 Å². The Hall–Kier alpha value is -0.730. The van der Waals surface area contributed by atoms with Crippen molar-refractivity contribution >= 4 is 34.2 Å². The average Bonchev–Trinajstić information content (AvgIpc) is 2.67. The quantitative estimate of drug-likeness (QED) is 0.689. The van der Waals surface area contributed by atoms with Crippen molar-refractivity contribution in [2.24, 2.45) is 5.41 Å². The van der Waals surface area contributed by atoms with Gasteiger partial charge < -0.3 is 4.57 Å². The summed E-state index contributed by atoms with van der Waals surface area (Å²) in [5, 5.41) is 0.597. The molecule has 1 aromatic heterocycles. The Morgan fingerprint density at radius 1 is 1.37 bits per heavy atom. The van der Waals surface area contributed by atoms with Crippen LogP contribution in [-0.4, -0.2) is 9.55 Å². The molecule has 0 amide bonds. The summed E-state index contributed by atoms with van der Waals surface area (Å²) in [4.78, 5) is 4.64. The van der Waals surface area contributed by atoms with Crippen molar-refractivity contribution in [2.75, 3.05) is 0 Å². The highest BCUT2D eigenvalue weighted by Crippen LogP contribution is 2.31. The molecule has 104 valence electrons. The Labute approximate surface area is 124 Å². The van der Waals surface area contributed by atoms with Gasteiger partial charge in [0, 0.05) is 11.6 Å². The lowest BCUT2D eigenvalue weighted by atomic mass is 9.90. The Kier molecular flexibility index (Phi) is 4.12. The highest BCUT2D eigenvalue weighted by Gasteiger charge is 2.22. The standard InChI is InChI=1S/C15H20Cl2N2/c1-5-15(3,4)9-19-13-7-6-11(17)8-12(13)18-14(19)10(2)16/h6-8,10H,5,9H2,1-4H3. The van der Waals surface area contributed by atoms with Crippen LogP contribution in [0, 0.1) is 5.41 Å². The molecular formula is C15H20Cl2N2. The lowest BCUT2D eigenvalue weighted by Crippen LogP contribution is -2.20. The van der Waals surface area contributed by atoms with Gasteiger partial charge in [-0.1, -0.05) is 32.4 Å². The van der Waals surface area contributed by atoms with E-state index < -0.39 is 0 Å². The lowest BCUT2D eigenvalue weighted by molar-refractivity contribution is 0.294. The maximum Gasteiger partial charge on any atom is 0.127 e. The minimum Gasteiger partial charge on any atom is -0.326 e. The number of hydrogen-bond acceptors (Lipinski definition) is 1. The number of fused-ring (bicyclic) bond motifs is 1. The van der Waals surface area contributed by atoms with E-state index >= 15 is 0 Å². The summed E-state index contributed by atoms with van der Waals surface area (Å²) in [6, 6.07) is 5.83. The fourth-order valence-corrected chi connectivity index (χ4v) is 2.46. The topological polar surface area (TPSA) is 17.8 Å². The molecule has 0 radical (unpaired) electrons. The van der Waals surface area contributed by atoms with Crippen LogP contribution < -0.4 is 0 Å². The molecule has 2 nitrogen and oxygen atoms in total. The summed E-state index contributed by atoms with van der Waals surface area (Å²) in [7, 11) is 0. The molecule has 1 unspecified atom stereocenters. The van der Waals surface area contributed by atoms with E-state index in [0.29, 0.717) is 5.02 Å². The van der Waals surface area contributed by atoms with Gasteiger partial charge >= 0.3 is 0 Å². The molecule has 0 saturated heterocycles. The molecular weight excluding hydrogens is 279 g/mol. The van der Waals surface area contributed by atoms with Gasteiger partial charge in [-0.15, -0.1) is 11.6 Å². The van der Waals surface area contributed by atoms with E-state index in [1.807, 2.05) is 25.1 Å². The van der Waals surface area contributed by atoms with Gasteiger partial charge in [0.15, 0.2) is 0 Å². The van der Waals surface area contributed by atoms with Gasteiger partial charge in [-0.05, 0) is 37.0 Å². The van der Waals surface area contributed by atoms with Crippen LogP contribution in [0.4, 0.5) is 0 Å². The molecule has 0 saturated carbocycles. The summed E-state index contributed by atoms with van der Waals surface area (Å²) in [5.41, 5.74) is 2.24. The molecule has 0 N–H and O–H groups in total. The van der Waals surface area contributed by atoms with E-state index in [1.54, 1.807) is 0 Å². The largest absolute Gasteiger partial charge is 0.326 e. The van der Waals surface area contributed by atoms with Crippen molar-refractivity contribution in [3.8, 4) is 0 Å². The van der Waals surface area contributed by atoms with Gasteiger partial charge in [-0.2, -0.15) is 0 Å². The summed E-state index contributed by atoms with van der Waals surface area (Å²) in [5.74, 6) is 0.917. The Balaban J connectivity index is 2.59. The van der Waals surface area contributed by atoms with Crippen LogP contribution in [0.3, 0.4) is 0 Å². The highest BCUT2D eigenvalue weighted by atomic mass is 35.5. The first-order chi connectivity index (χ1) is 8.84. The van der Waals surface area contributed by atoms with Crippen LogP contribution in [0.5, 0.6) is 0 Å². The number of aromatic nitrogens is 2. The molecule has 2 aromatic rings. The second-order valence-corrected chi connectivity index (χ2v) is 6.91. The van der Waals surface area contributed by atoms with Gasteiger partial charge in [0.25, 0.3) is 0 Å². The second-order valence-electron chi connectivity index (χ2n) is 5.82. The normalized spacial score (nSPS) is 14.0. The Morgan fingerprint density at radius 3 is 2.63 bits per heavy atom. The molecule has 1 heterocycles. The van der Waals surface area contributed by atoms with Crippen LogP contribution >= 0.6 is 23.2 Å². The summed E-state index contributed by atoms with van der Waals surface area (Å²) in [6.07, 6.45) is 1.11. The first-order valence-corrected chi connectivity index (χ1v) is 7.45. The maximum atomic E-state index is 6.28. The van der Waals surface area contributed by atoms with Crippen molar-refractivity contribution in [2.45, 2.75) is 46.0 Å². The first kappa shape index (κ1) is 14.7. The van der Waals surface area contributed by atoms with Gasteiger partial charge in [0.05, 0.1) is 16.4 Å². The third-order valence-corrected chi connectivity index (χ3v) is 4.07. The smallest absolute Gasteiger partial charge is 0.127 e. The zero-order valence-electron chi connectivity index (χ0n) is 11.9. The zero-order valence-corrected chi connectivity index (χ0v) is 13.4. The molecule has 2 rings (SSSR count).